The van der Waals surface area contributed by atoms with Crippen molar-refractivity contribution in [1.29, 1.82) is 0 Å². The summed E-state index contributed by atoms with van der Waals surface area (Å²) in [5.41, 5.74) is 0. The first-order chi connectivity index (χ1) is 3.18. The first-order valence-corrected chi connectivity index (χ1v) is 2.04. The predicted octanol–water partition coefficient (Wildman–Crippen LogP) is 0.424. The Balaban J connectivity index is 3.34. The van der Waals surface area contributed by atoms with Crippen LogP contribution in [0.4, 0.5) is 0 Å². The summed E-state index contributed by atoms with van der Waals surface area (Å²) in [6, 6.07) is 0. The van der Waals surface area contributed by atoms with E-state index >= 15 is 0 Å². The number of Topliss-reactive ketones (excluding diaryl/α,β-unsaturated/α-hetero) is 1. The third kappa shape index (κ3) is 2.34. The highest BCUT2D eigenvalue weighted by Gasteiger charge is 2.02. The summed E-state index contributed by atoms with van der Waals surface area (Å²) >= 11 is 0. The molecular formula is C5H9O2. The molecule has 0 aliphatic rings. The van der Waals surface area contributed by atoms with Crippen LogP contribution in [0.25, 0.3) is 0 Å². The van der Waals surface area contributed by atoms with Crippen LogP contribution in [0.15, 0.2) is 0 Å². The molecule has 1 atom stereocenters. The second-order valence-electron chi connectivity index (χ2n) is 1.33. The normalized spacial score (nSPS) is 13.6. The van der Waals surface area contributed by atoms with Crippen LogP contribution in [-0.2, 0) is 9.53 Å². The quantitative estimate of drug-likeness (QED) is 0.504. The molecule has 0 saturated carbocycles. The minimum absolute atomic E-state index is 0.0394. The fourth-order valence-electron chi connectivity index (χ4n) is 0.166. The molecule has 2 nitrogen and oxygen atoms in total. The summed E-state index contributed by atoms with van der Waals surface area (Å²) in [5, 5.41) is 0. The minimum Gasteiger partial charge on any atom is -0.374 e. The Morgan fingerprint density at radius 3 is 2.29 bits per heavy atom. The maximum Gasteiger partial charge on any atom is 0.158 e. The number of ketones is 1. The SMILES string of the molecule is [CH2]C(OC)C(C)=O. The molecule has 0 aromatic heterocycles. The monoisotopic (exact) mass is 101 g/mol. The third-order valence-corrected chi connectivity index (χ3v) is 0.738. The van der Waals surface area contributed by atoms with Gasteiger partial charge in [0.2, 0.25) is 0 Å². The summed E-state index contributed by atoms with van der Waals surface area (Å²) in [6.45, 7) is 4.83. The Morgan fingerprint density at radius 2 is 2.29 bits per heavy atom. The lowest BCUT2D eigenvalue weighted by molar-refractivity contribution is -0.124. The Kier molecular flexibility index (Phi) is 2.60. The topological polar surface area (TPSA) is 26.3 Å². The Hall–Kier alpha value is -0.370. The van der Waals surface area contributed by atoms with Gasteiger partial charge >= 0.3 is 0 Å². The highest BCUT2D eigenvalue weighted by Crippen LogP contribution is 1.85. The molecule has 2 heteroatoms. The van der Waals surface area contributed by atoms with Crippen molar-refractivity contribution in [2.75, 3.05) is 7.11 Å². The highest BCUT2D eigenvalue weighted by molar-refractivity contribution is 5.80. The molecule has 0 heterocycles. The van der Waals surface area contributed by atoms with Crippen LogP contribution in [0, 0.1) is 6.92 Å². The number of rotatable bonds is 2. The molecule has 0 spiro atoms. The van der Waals surface area contributed by atoms with Gasteiger partial charge in [-0.1, -0.05) is 0 Å². The van der Waals surface area contributed by atoms with E-state index < -0.39 is 6.10 Å². The van der Waals surface area contributed by atoms with E-state index in [2.05, 4.69) is 11.7 Å². The summed E-state index contributed by atoms with van der Waals surface area (Å²) in [6.07, 6.45) is -0.486. The summed E-state index contributed by atoms with van der Waals surface area (Å²) in [4.78, 5) is 10.2. The summed E-state index contributed by atoms with van der Waals surface area (Å²) in [7, 11) is 1.46. The van der Waals surface area contributed by atoms with Gasteiger partial charge in [-0.05, 0) is 13.8 Å². The van der Waals surface area contributed by atoms with Crippen LogP contribution < -0.4 is 0 Å². The van der Waals surface area contributed by atoms with E-state index in [4.69, 9.17) is 0 Å². The van der Waals surface area contributed by atoms with Gasteiger partial charge in [-0.2, -0.15) is 0 Å². The molecule has 0 bridgehead atoms. The maximum absolute atomic E-state index is 10.2. The van der Waals surface area contributed by atoms with Crippen molar-refractivity contribution < 1.29 is 9.53 Å². The maximum atomic E-state index is 10.2. The van der Waals surface area contributed by atoms with Crippen molar-refractivity contribution >= 4 is 5.78 Å². The molecule has 1 unspecified atom stereocenters. The molecule has 0 aromatic rings. The van der Waals surface area contributed by atoms with Crippen LogP contribution in [0.5, 0.6) is 0 Å². The van der Waals surface area contributed by atoms with Crippen LogP contribution in [0.3, 0.4) is 0 Å². The Morgan fingerprint density at radius 1 is 1.86 bits per heavy atom. The van der Waals surface area contributed by atoms with Crippen LogP contribution >= 0.6 is 0 Å². The molecule has 0 fully saturated rings. The number of hydrogen-bond acceptors (Lipinski definition) is 2. The van der Waals surface area contributed by atoms with Crippen molar-refractivity contribution in [2.24, 2.45) is 0 Å². The van der Waals surface area contributed by atoms with Gasteiger partial charge in [-0.25, -0.2) is 0 Å². The van der Waals surface area contributed by atoms with Gasteiger partial charge in [0.15, 0.2) is 5.78 Å². The van der Waals surface area contributed by atoms with Crippen LogP contribution in [-0.4, -0.2) is 19.0 Å². The van der Waals surface area contributed by atoms with E-state index in [1.165, 1.54) is 14.0 Å². The Labute approximate surface area is 43.5 Å². The average Bonchev–Trinajstić information content (AvgIpc) is 1.65. The van der Waals surface area contributed by atoms with Crippen molar-refractivity contribution in [1.82, 2.24) is 0 Å². The van der Waals surface area contributed by atoms with E-state index in [-0.39, 0.29) is 5.78 Å². The Bertz CT molecular complexity index is 68.5. The van der Waals surface area contributed by atoms with Crippen molar-refractivity contribution in [2.45, 2.75) is 13.0 Å². The second kappa shape index (κ2) is 2.75. The zero-order valence-corrected chi connectivity index (χ0v) is 4.60. The molecule has 0 aromatic carbocycles. The molecule has 0 saturated heterocycles. The minimum atomic E-state index is -0.486. The van der Waals surface area contributed by atoms with E-state index in [9.17, 15) is 4.79 Å². The second-order valence-corrected chi connectivity index (χ2v) is 1.33. The van der Waals surface area contributed by atoms with Crippen molar-refractivity contribution in [3.8, 4) is 0 Å². The molecule has 41 valence electrons. The van der Waals surface area contributed by atoms with E-state index in [1.54, 1.807) is 0 Å². The lowest BCUT2D eigenvalue weighted by Gasteiger charge is -2.00. The zero-order valence-electron chi connectivity index (χ0n) is 4.60. The van der Waals surface area contributed by atoms with E-state index in [0.29, 0.717) is 0 Å². The standard InChI is InChI=1S/C5H9O2/c1-4(6)5(2)7-3/h5H,2H2,1,3H3. The lowest BCUT2D eigenvalue weighted by atomic mass is 10.3. The molecular weight excluding hydrogens is 92.1 g/mol. The smallest absolute Gasteiger partial charge is 0.158 e. The van der Waals surface area contributed by atoms with Crippen molar-refractivity contribution in [3.05, 3.63) is 6.92 Å². The number of ether oxygens (including phenoxy) is 1. The number of carbonyl (C=O) groups excluding carboxylic acids is 1. The fraction of sp³-hybridized carbons (Fsp3) is 0.600. The largest absolute Gasteiger partial charge is 0.374 e. The number of methoxy groups -OCH3 is 1. The van der Waals surface area contributed by atoms with Gasteiger partial charge in [0.1, 0.15) is 6.10 Å². The van der Waals surface area contributed by atoms with Crippen LogP contribution in [0.1, 0.15) is 6.92 Å². The highest BCUT2D eigenvalue weighted by atomic mass is 16.5. The molecule has 0 aliphatic heterocycles. The van der Waals surface area contributed by atoms with Gasteiger partial charge in [-0.15, -0.1) is 0 Å². The first kappa shape index (κ1) is 6.63. The predicted molar refractivity (Wildman–Crippen MR) is 26.8 cm³/mol. The molecule has 7 heavy (non-hydrogen) atoms. The summed E-state index contributed by atoms with van der Waals surface area (Å²) in [5.74, 6) is -0.0394. The van der Waals surface area contributed by atoms with Gasteiger partial charge in [0.05, 0.1) is 0 Å². The molecule has 0 amide bonds. The molecule has 0 N–H and O–H groups in total. The van der Waals surface area contributed by atoms with E-state index in [0.717, 1.165) is 0 Å². The van der Waals surface area contributed by atoms with Gasteiger partial charge in [-0.3, -0.25) is 4.79 Å². The van der Waals surface area contributed by atoms with Gasteiger partial charge in [0.25, 0.3) is 0 Å². The molecule has 1 radical (unpaired) electrons. The number of hydrogen-bond donors (Lipinski definition) is 0. The van der Waals surface area contributed by atoms with Gasteiger partial charge in [0, 0.05) is 7.11 Å². The zero-order chi connectivity index (χ0) is 5.86. The van der Waals surface area contributed by atoms with Gasteiger partial charge < -0.3 is 4.74 Å². The lowest BCUT2D eigenvalue weighted by Crippen LogP contribution is -2.14. The summed E-state index contributed by atoms with van der Waals surface area (Å²) < 4.78 is 4.55. The third-order valence-electron chi connectivity index (χ3n) is 0.738. The molecule has 0 rings (SSSR count). The number of carbonyl (C=O) groups is 1. The molecule has 0 aliphatic carbocycles. The first-order valence-electron chi connectivity index (χ1n) is 2.04. The average molecular weight is 101 g/mol. The van der Waals surface area contributed by atoms with Crippen molar-refractivity contribution in [3.63, 3.8) is 0 Å². The fourth-order valence-corrected chi connectivity index (χ4v) is 0.166. The van der Waals surface area contributed by atoms with E-state index in [1.807, 2.05) is 0 Å². The van der Waals surface area contributed by atoms with Crippen LogP contribution in [0.2, 0.25) is 0 Å².